The van der Waals surface area contributed by atoms with Crippen LogP contribution in [0.25, 0.3) is 11.1 Å². The fourth-order valence-corrected chi connectivity index (χ4v) is 1.47. The monoisotopic (exact) mass is 184 g/mol. The molecule has 0 saturated heterocycles. The van der Waals surface area contributed by atoms with Crippen LogP contribution >= 0.6 is 0 Å². The fraction of sp³-hybridized carbons (Fsp3) is 0. The average molecular weight is 184 g/mol. The number of aliphatic hydroxyl groups is 1. The Kier molecular flexibility index (Phi) is 2.50. The first-order valence-electron chi connectivity index (χ1n) is 4.53. The minimum Gasteiger partial charge on any atom is -0.721 e. The van der Waals surface area contributed by atoms with Crippen molar-refractivity contribution in [1.29, 1.82) is 0 Å². The molecule has 2 rings (SSSR count). The molecule has 0 aliphatic carbocycles. The Morgan fingerprint density at radius 1 is 0.786 bits per heavy atom. The smallest absolute Gasteiger partial charge is 0.233 e. The van der Waals surface area contributed by atoms with Crippen molar-refractivity contribution >= 4 is 0 Å². The summed E-state index contributed by atoms with van der Waals surface area (Å²) in [5.74, 6) is 0.929. The van der Waals surface area contributed by atoms with Crippen LogP contribution in [0.15, 0.2) is 54.6 Å². The van der Waals surface area contributed by atoms with Crippen molar-refractivity contribution in [2.45, 2.75) is 0 Å². The van der Waals surface area contributed by atoms with Crippen molar-refractivity contribution in [2.75, 3.05) is 0 Å². The molecule has 0 fully saturated rings. The van der Waals surface area contributed by atoms with Gasteiger partial charge in [-0.2, -0.15) is 0 Å². The quantitative estimate of drug-likeness (QED) is 0.501. The molecule has 0 aliphatic heterocycles. The summed E-state index contributed by atoms with van der Waals surface area (Å²) < 4.78 is 4.00. The molecule has 0 bridgehead atoms. The van der Waals surface area contributed by atoms with Crippen LogP contribution in [0.4, 0.5) is 0 Å². The summed E-state index contributed by atoms with van der Waals surface area (Å²) >= 11 is 0. The molecule has 0 spiro atoms. The molecular weight excluding hydrogens is 172 g/mol. The number of hydrogen-bond acceptors (Lipinski definition) is 0. The van der Waals surface area contributed by atoms with E-state index in [0.29, 0.717) is 0 Å². The van der Waals surface area contributed by atoms with Gasteiger partial charge in [-0.3, -0.25) is 0 Å². The molecule has 0 atom stereocenters. The Morgan fingerprint density at radius 3 is 2.14 bits per heavy atom. The van der Waals surface area contributed by atoms with Crippen molar-refractivity contribution < 1.29 is 4.74 Å². The summed E-state index contributed by atoms with van der Waals surface area (Å²) in [4.78, 5) is 0. The average Bonchev–Trinajstić information content (AvgIpc) is 2.30. The van der Waals surface area contributed by atoms with Crippen molar-refractivity contribution in [3.63, 3.8) is 0 Å². The van der Waals surface area contributed by atoms with E-state index < -0.39 is 0 Å². The number of hydrogen-bond donors (Lipinski definition) is 0. The van der Waals surface area contributed by atoms with Crippen LogP contribution < -0.4 is 0 Å². The number of aromatic hydroxyl groups is 1. The van der Waals surface area contributed by atoms with Crippen molar-refractivity contribution in [2.24, 2.45) is 0 Å². The summed E-state index contributed by atoms with van der Waals surface area (Å²) in [6.45, 7) is 0. The lowest BCUT2D eigenvalue weighted by molar-refractivity contribution is 0.187. The second-order valence-electron chi connectivity index (χ2n) is 3.04. The van der Waals surface area contributed by atoms with Gasteiger partial charge in [0, 0.05) is 6.07 Å². The van der Waals surface area contributed by atoms with E-state index >= 15 is 0 Å². The van der Waals surface area contributed by atoms with Crippen molar-refractivity contribution in [3.05, 3.63) is 61.7 Å². The summed E-state index contributed by atoms with van der Waals surface area (Å²) in [6.07, 6.45) is 0. The topological polar surface area (TPSA) is 12.8 Å². The highest BCUT2D eigenvalue weighted by atomic mass is 16.5. The van der Waals surface area contributed by atoms with E-state index in [0.717, 1.165) is 11.3 Å². The Hall–Kier alpha value is -1.76. The third-order valence-corrected chi connectivity index (χ3v) is 2.16. The van der Waals surface area contributed by atoms with Gasteiger partial charge in [-0.1, -0.05) is 42.5 Å². The molecular formula is C13H12O. The van der Waals surface area contributed by atoms with Crippen LogP contribution in [0, 0.1) is 7.11 Å². The predicted molar refractivity (Wildman–Crippen MR) is 58.9 cm³/mol. The normalized spacial score (nSPS) is 9.79. The van der Waals surface area contributed by atoms with E-state index in [9.17, 15) is 0 Å². The van der Waals surface area contributed by atoms with E-state index in [1.807, 2.05) is 36.4 Å². The van der Waals surface area contributed by atoms with Gasteiger partial charge in [-0.15, -0.1) is 0 Å². The first-order chi connectivity index (χ1) is 6.92. The van der Waals surface area contributed by atoms with Gasteiger partial charge in [0.25, 0.3) is 0 Å². The molecule has 0 saturated carbocycles. The second-order valence-corrected chi connectivity index (χ2v) is 3.04. The van der Waals surface area contributed by atoms with Gasteiger partial charge < -0.3 is 4.74 Å². The summed E-state index contributed by atoms with van der Waals surface area (Å²) in [7, 11) is 3.57. The lowest BCUT2D eigenvalue weighted by atomic mass is 10.1. The highest BCUT2D eigenvalue weighted by Gasteiger charge is 2.05. The predicted octanol–water partition coefficient (Wildman–Crippen LogP) is 3.39. The Bertz CT molecular complexity index is 407. The van der Waals surface area contributed by atoms with Crippen LogP contribution in [-0.4, -0.2) is 4.74 Å². The molecule has 0 unspecified atom stereocenters. The van der Waals surface area contributed by atoms with Gasteiger partial charge >= 0.3 is 0 Å². The SMILES string of the molecule is [CH2-][OH+]c1ccccc1-c1ccccc1. The summed E-state index contributed by atoms with van der Waals surface area (Å²) in [5.41, 5.74) is 2.30. The maximum atomic E-state index is 4.00. The molecule has 1 N–H and O–H groups in total. The zero-order chi connectivity index (χ0) is 9.80. The van der Waals surface area contributed by atoms with Crippen molar-refractivity contribution in [3.8, 4) is 16.9 Å². The minimum atomic E-state index is 0.929. The summed E-state index contributed by atoms with van der Waals surface area (Å²) in [6, 6.07) is 18.2. The first-order valence-corrected chi connectivity index (χ1v) is 4.53. The molecule has 0 heterocycles. The number of para-hydroxylation sites is 1. The van der Waals surface area contributed by atoms with E-state index in [1.54, 1.807) is 0 Å². The highest BCUT2D eigenvalue weighted by molar-refractivity contribution is 5.69. The van der Waals surface area contributed by atoms with E-state index in [-0.39, 0.29) is 0 Å². The number of ether oxygens (including phenoxy) is 1. The van der Waals surface area contributed by atoms with E-state index in [4.69, 9.17) is 0 Å². The zero-order valence-corrected chi connectivity index (χ0v) is 7.85. The first kappa shape index (κ1) is 8.82. The maximum absolute atomic E-state index is 4.00. The van der Waals surface area contributed by atoms with Gasteiger partial charge in [-0.05, 0) is 18.7 Å². The van der Waals surface area contributed by atoms with Crippen LogP contribution in [0.2, 0.25) is 0 Å². The molecule has 0 aromatic heterocycles. The molecule has 0 radical (unpaired) electrons. The van der Waals surface area contributed by atoms with Gasteiger partial charge in [0.15, 0.2) is 0 Å². The fourth-order valence-electron chi connectivity index (χ4n) is 1.47. The molecule has 70 valence electrons. The van der Waals surface area contributed by atoms with Gasteiger partial charge in [0.2, 0.25) is 5.75 Å². The number of benzene rings is 2. The van der Waals surface area contributed by atoms with Crippen LogP contribution in [0.1, 0.15) is 0 Å². The number of rotatable bonds is 2. The van der Waals surface area contributed by atoms with Crippen LogP contribution in [-0.2, 0) is 0 Å². The minimum absolute atomic E-state index is 0.929. The third-order valence-electron chi connectivity index (χ3n) is 2.16. The third kappa shape index (κ3) is 1.62. The van der Waals surface area contributed by atoms with Crippen LogP contribution in [0.3, 0.4) is 0 Å². The lowest BCUT2D eigenvalue weighted by Gasteiger charge is -2.08. The Labute approximate surface area is 84.0 Å². The molecule has 14 heavy (non-hydrogen) atoms. The Morgan fingerprint density at radius 2 is 1.43 bits per heavy atom. The second kappa shape index (κ2) is 3.97. The molecule has 0 aliphatic rings. The van der Waals surface area contributed by atoms with Crippen LogP contribution in [0.5, 0.6) is 5.75 Å². The molecule has 1 heteroatoms. The maximum Gasteiger partial charge on any atom is 0.233 e. The molecule has 2 aromatic rings. The van der Waals surface area contributed by atoms with Gasteiger partial charge in [0.05, 0.1) is 5.56 Å². The van der Waals surface area contributed by atoms with E-state index in [1.165, 1.54) is 5.56 Å². The zero-order valence-electron chi connectivity index (χ0n) is 7.85. The largest absolute Gasteiger partial charge is 0.721 e. The Balaban J connectivity index is 2.51. The molecule has 2 aromatic carbocycles. The standard InChI is InChI=1S/C13H12O/c1-14-13-10-6-5-9-12(13)11-7-3-2-4-8-11/h2-10,14H,1H2. The summed E-state index contributed by atoms with van der Waals surface area (Å²) in [5, 5.41) is 0. The van der Waals surface area contributed by atoms with E-state index in [2.05, 4.69) is 30.0 Å². The molecule has 1 nitrogen and oxygen atoms in total. The highest BCUT2D eigenvalue weighted by Crippen LogP contribution is 2.29. The van der Waals surface area contributed by atoms with Crippen molar-refractivity contribution in [1.82, 2.24) is 0 Å². The molecule has 0 amide bonds. The van der Waals surface area contributed by atoms with Gasteiger partial charge in [0.1, 0.15) is 0 Å². The van der Waals surface area contributed by atoms with Gasteiger partial charge in [-0.25, -0.2) is 0 Å². The lowest BCUT2D eigenvalue weighted by Crippen LogP contribution is -1.81.